The highest BCUT2D eigenvalue weighted by molar-refractivity contribution is 5.68. The molecule has 0 spiro atoms. The Morgan fingerprint density at radius 3 is 2.06 bits per heavy atom. The molecule has 4 nitrogen and oxygen atoms in total. The van der Waals surface area contributed by atoms with Crippen LogP contribution in [0.1, 0.15) is 40.5 Å². The summed E-state index contributed by atoms with van der Waals surface area (Å²) in [6.45, 7) is 11.6. The Hall–Kier alpha value is -1.06. The fraction of sp³-hybridized carbons (Fsp3) is 0.833. The molecule has 1 fully saturated rings. The van der Waals surface area contributed by atoms with Gasteiger partial charge in [0.1, 0.15) is 12.4 Å². The zero-order chi connectivity index (χ0) is 12.8. The second-order valence-corrected chi connectivity index (χ2v) is 5.15. The Kier molecular flexibility index (Phi) is 6.08. The predicted molar refractivity (Wildman–Crippen MR) is 63.3 cm³/mol. The third kappa shape index (κ3) is 5.73. The van der Waals surface area contributed by atoms with Crippen LogP contribution in [-0.2, 0) is 9.53 Å². The highest BCUT2D eigenvalue weighted by Gasteiger charge is 2.24. The van der Waals surface area contributed by atoms with Crippen LogP contribution in [0, 0.1) is 5.92 Å². The van der Waals surface area contributed by atoms with E-state index in [0.717, 1.165) is 31.8 Å². The highest BCUT2D eigenvalue weighted by Crippen LogP contribution is 2.18. The van der Waals surface area contributed by atoms with Gasteiger partial charge >= 0.3 is 6.09 Å². The van der Waals surface area contributed by atoms with Gasteiger partial charge in [0.15, 0.2) is 0 Å². The molecule has 0 unspecified atom stereocenters. The van der Waals surface area contributed by atoms with E-state index < -0.39 is 0 Å². The van der Waals surface area contributed by atoms with Gasteiger partial charge in [-0.25, -0.2) is 4.79 Å². The Labute approximate surface area is 98.0 Å². The molecular weight excluding hydrogens is 206 g/mol. The van der Waals surface area contributed by atoms with Crippen molar-refractivity contribution in [1.29, 1.82) is 0 Å². The molecule has 0 bridgehead atoms. The molecule has 0 atom stereocenters. The fourth-order valence-electron chi connectivity index (χ4n) is 1.52. The number of likely N-dealkylation sites (tertiary alicyclic amines) is 1. The van der Waals surface area contributed by atoms with Gasteiger partial charge < -0.3 is 14.4 Å². The lowest BCUT2D eigenvalue weighted by atomic mass is 10.00. The molecule has 16 heavy (non-hydrogen) atoms. The normalized spacial score (nSPS) is 17.4. The number of carbonyl (C=O) groups is 2. The summed E-state index contributed by atoms with van der Waals surface area (Å²) in [5, 5.41) is 0. The summed E-state index contributed by atoms with van der Waals surface area (Å²) in [5.41, 5.74) is -0.375. The number of amides is 1. The molecule has 1 aliphatic heterocycles. The van der Waals surface area contributed by atoms with E-state index in [4.69, 9.17) is 9.53 Å². The molecule has 1 amide bonds. The van der Waals surface area contributed by atoms with E-state index in [1.807, 2.05) is 32.5 Å². The summed E-state index contributed by atoms with van der Waals surface area (Å²) >= 11 is 0. The molecule has 4 heteroatoms. The van der Waals surface area contributed by atoms with Crippen LogP contribution in [0.4, 0.5) is 4.79 Å². The average molecular weight is 229 g/mol. The maximum absolute atomic E-state index is 11.6. The summed E-state index contributed by atoms with van der Waals surface area (Å²) in [6, 6.07) is 0. The first-order chi connectivity index (χ1) is 7.38. The van der Waals surface area contributed by atoms with Crippen molar-refractivity contribution in [1.82, 2.24) is 4.90 Å². The van der Waals surface area contributed by atoms with Crippen LogP contribution in [0.3, 0.4) is 0 Å². The Morgan fingerprint density at radius 2 is 1.69 bits per heavy atom. The number of rotatable bonds is 0. The smallest absolute Gasteiger partial charge is 0.410 e. The minimum absolute atomic E-state index is 0.163. The molecule has 0 saturated carbocycles. The number of nitrogens with zero attached hydrogens (tertiary/aromatic N) is 1. The lowest BCUT2D eigenvalue weighted by Crippen LogP contribution is -2.41. The molecule has 1 saturated heterocycles. The zero-order valence-corrected chi connectivity index (χ0v) is 10.8. The molecule has 1 aliphatic rings. The lowest BCUT2D eigenvalue weighted by molar-refractivity contribution is -0.0980. The van der Waals surface area contributed by atoms with Crippen LogP contribution in [-0.4, -0.2) is 36.5 Å². The SMILES string of the molecule is C=O.CC1CCN(C(=O)OC(C)(C)C)CC1. The molecule has 0 aliphatic carbocycles. The van der Waals surface area contributed by atoms with Gasteiger partial charge in [-0.1, -0.05) is 6.92 Å². The van der Waals surface area contributed by atoms with Crippen molar-refractivity contribution in [2.24, 2.45) is 5.92 Å². The summed E-state index contributed by atoms with van der Waals surface area (Å²) in [4.78, 5) is 21.4. The minimum Gasteiger partial charge on any atom is -0.444 e. The van der Waals surface area contributed by atoms with E-state index in [1.165, 1.54) is 0 Å². The van der Waals surface area contributed by atoms with E-state index in [-0.39, 0.29) is 11.7 Å². The van der Waals surface area contributed by atoms with E-state index in [2.05, 4.69) is 6.92 Å². The third-order valence-electron chi connectivity index (χ3n) is 2.44. The molecule has 0 N–H and O–H groups in total. The molecule has 0 aromatic carbocycles. The van der Waals surface area contributed by atoms with Crippen LogP contribution in [0.25, 0.3) is 0 Å². The first-order valence-electron chi connectivity index (χ1n) is 5.65. The molecular formula is C12H23NO3. The van der Waals surface area contributed by atoms with Crippen molar-refractivity contribution in [2.75, 3.05) is 13.1 Å². The van der Waals surface area contributed by atoms with Gasteiger partial charge in [-0.05, 0) is 39.5 Å². The largest absolute Gasteiger partial charge is 0.444 e. The first-order valence-corrected chi connectivity index (χ1v) is 5.65. The lowest BCUT2D eigenvalue weighted by Gasteiger charge is -2.32. The monoisotopic (exact) mass is 229 g/mol. The van der Waals surface area contributed by atoms with Crippen LogP contribution in [0.5, 0.6) is 0 Å². The minimum atomic E-state index is -0.375. The molecule has 1 heterocycles. The van der Waals surface area contributed by atoms with Crippen molar-refractivity contribution in [3.8, 4) is 0 Å². The van der Waals surface area contributed by atoms with E-state index in [1.54, 1.807) is 0 Å². The van der Waals surface area contributed by atoms with Crippen LogP contribution in [0.15, 0.2) is 0 Å². The van der Waals surface area contributed by atoms with E-state index in [0.29, 0.717) is 0 Å². The highest BCUT2D eigenvalue weighted by atomic mass is 16.6. The van der Waals surface area contributed by atoms with Gasteiger partial charge in [-0.3, -0.25) is 0 Å². The molecule has 1 rings (SSSR count). The average Bonchev–Trinajstić information content (AvgIpc) is 2.19. The fourth-order valence-corrected chi connectivity index (χ4v) is 1.52. The van der Waals surface area contributed by atoms with Crippen molar-refractivity contribution in [3.05, 3.63) is 0 Å². The number of ether oxygens (including phenoxy) is 1. The van der Waals surface area contributed by atoms with Crippen LogP contribution >= 0.6 is 0 Å². The second-order valence-electron chi connectivity index (χ2n) is 5.15. The maximum atomic E-state index is 11.6. The summed E-state index contributed by atoms with van der Waals surface area (Å²) in [5.74, 6) is 0.744. The molecule has 94 valence electrons. The summed E-state index contributed by atoms with van der Waals surface area (Å²) in [7, 11) is 0. The van der Waals surface area contributed by atoms with Crippen LogP contribution < -0.4 is 0 Å². The molecule has 0 radical (unpaired) electrons. The van der Waals surface area contributed by atoms with Gasteiger partial charge in [0.25, 0.3) is 0 Å². The number of carbonyl (C=O) groups excluding carboxylic acids is 2. The van der Waals surface area contributed by atoms with Gasteiger partial charge in [0.05, 0.1) is 0 Å². The van der Waals surface area contributed by atoms with Gasteiger partial charge in [0.2, 0.25) is 0 Å². The molecule has 0 aromatic rings. The van der Waals surface area contributed by atoms with E-state index in [9.17, 15) is 4.79 Å². The zero-order valence-electron chi connectivity index (χ0n) is 10.8. The van der Waals surface area contributed by atoms with Crippen LogP contribution in [0.2, 0.25) is 0 Å². The van der Waals surface area contributed by atoms with E-state index >= 15 is 0 Å². The maximum Gasteiger partial charge on any atom is 0.410 e. The van der Waals surface area contributed by atoms with Crippen molar-refractivity contribution in [2.45, 2.75) is 46.1 Å². The number of hydrogen-bond acceptors (Lipinski definition) is 3. The topological polar surface area (TPSA) is 46.6 Å². The van der Waals surface area contributed by atoms with Gasteiger partial charge in [-0.15, -0.1) is 0 Å². The number of hydrogen-bond donors (Lipinski definition) is 0. The molecule has 0 aromatic heterocycles. The van der Waals surface area contributed by atoms with Crippen molar-refractivity contribution < 1.29 is 14.3 Å². The quantitative estimate of drug-likeness (QED) is 0.641. The summed E-state index contributed by atoms with van der Waals surface area (Å²) in [6.07, 6.45) is 2.03. The Morgan fingerprint density at radius 1 is 1.25 bits per heavy atom. The standard InChI is InChI=1S/C11H21NO2.CH2O/c1-9-5-7-12(8-6-9)10(13)14-11(2,3)4;1-2/h9H,5-8H2,1-4H3;1H2. The second kappa shape index (κ2) is 6.51. The Balaban J connectivity index is 0.00000106. The Bertz CT molecular complexity index is 215. The first kappa shape index (κ1) is 14.9. The third-order valence-corrected chi connectivity index (χ3v) is 2.44. The van der Waals surface area contributed by atoms with Gasteiger partial charge in [0, 0.05) is 13.1 Å². The van der Waals surface area contributed by atoms with Crippen molar-refractivity contribution >= 4 is 12.9 Å². The van der Waals surface area contributed by atoms with Crippen molar-refractivity contribution in [3.63, 3.8) is 0 Å². The summed E-state index contributed by atoms with van der Waals surface area (Å²) < 4.78 is 5.30. The van der Waals surface area contributed by atoms with Gasteiger partial charge in [-0.2, -0.15) is 0 Å². The number of piperidine rings is 1. The predicted octanol–water partition coefficient (Wildman–Crippen LogP) is 2.47.